The van der Waals surface area contributed by atoms with Crippen LogP contribution in [0.4, 0.5) is 0 Å². The van der Waals surface area contributed by atoms with Gasteiger partial charge in [0.15, 0.2) is 0 Å². The molecule has 0 unspecified atom stereocenters. The average molecular weight is 107 g/mol. The summed E-state index contributed by atoms with van der Waals surface area (Å²) in [4.78, 5) is 0. The summed E-state index contributed by atoms with van der Waals surface area (Å²) in [6, 6.07) is 0. The highest BCUT2D eigenvalue weighted by Crippen LogP contribution is 2.01. The van der Waals surface area contributed by atoms with E-state index in [0.29, 0.717) is 5.03 Å². The summed E-state index contributed by atoms with van der Waals surface area (Å²) >= 11 is 5.24. The van der Waals surface area contributed by atoms with Crippen molar-refractivity contribution >= 4 is 11.6 Å². The molecule has 0 rings (SSSR count). The Morgan fingerprint density at radius 2 is 1.67 bits per heavy atom. The minimum absolute atomic E-state index is 0.191. The first kappa shape index (κ1) is 5.83. The van der Waals surface area contributed by atoms with E-state index in [9.17, 15) is 0 Å². The summed E-state index contributed by atoms with van der Waals surface area (Å²) in [6.45, 7) is 3.18. The number of aliphatic hydroxyl groups is 1. The molecule has 36 valence electrons. The van der Waals surface area contributed by atoms with Crippen LogP contribution in [0.3, 0.4) is 0 Å². The van der Waals surface area contributed by atoms with E-state index < -0.39 is 0 Å². The summed E-state index contributed by atoms with van der Waals surface area (Å²) in [5.74, 6) is 0.191. The summed E-state index contributed by atoms with van der Waals surface area (Å²) < 4.78 is 0. The third-order valence-electron chi connectivity index (χ3n) is 0.499. The predicted molar refractivity (Wildman–Crippen MR) is 26.9 cm³/mol. The molecule has 0 saturated heterocycles. The first-order valence-electron chi connectivity index (χ1n) is 1.66. The van der Waals surface area contributed by atoms with Crippen molar-refractivity contribution in [3.63, 3.8) is 0 Å². The lowest BCUT2D eigenvalue weighted by molar-refractivity contribution is 0.411. The number of aliphatic hydroxyl groups excluding tert-OH is 1. The molecule has 0 heterocycles. The van der Waals surface area contributed by atoms with Crippen molar-refractivity contribution in [3.8, 4) is 0 Å². The number of halogens is 1. The van der Waals surface area contributed by atoms with Crippen molar-refractivity contribution in [2.45, 2.75) is 13.8 Å². The fraction of sp³-hybridized carbons (Fsp3) is 0.500. The lowest BCUT2D eigenvalue weighted by Gasteiger charge is -1.84. The van der Waals surface area contributed by atoms with Crippen molar-refractivity contribution in [3.05, 3.63) is 10.8 Å². The predicted octanol–water partition coefficient (Wildman–Crippen LogP) is 2.03. The van der Waals surface area contributed by atoms with E-state index in [1.165, 1.54) is 0 Å². The van der Waals surface area contributed by atoms with E-state index in [-0.39, 0.29) is 5.76 Å². The Hall–Kier alpha value is -0.170. The minimum Gasteiger partial charge on any atom is -0.511 e. The maximum atomic E-state index is 8.38. The minimum atomic E-state index is 0.191. The van der Waals surface area contributed by atoms with Crippen molar-refractivity contribution in [1.29, 1.82) is 0 Å². The Labute approximate surface area is 42.2 Å². The van der Waals surface area contributed by atoms with Crippen molar-refractivity contribution < 1.29 is 5.11 Å². The average Bonchev–Trinajstić information content (AvgIpc) is 1.36. The standard InChI is InChI=1S/C4H7ClO/c1-3(5)4(2)6/h6H,1-2H3. The quantitative estimate of drug-likeness (QED) is 0.469. The molecule has 0 aromatic heterocycles. The zero-order chi connectivity index (χ0) is 5.15. The van der Waals surface area contributed by atoms with Gasteiger partial charge in [-0.25, -0.2) is 0 Å². The topological polar surface area (TPSA) is 20.2 Å². The highest BCUT2D eigenvalue weighted by molar-refractivity contribution is 6.29. The molecule has 1 nitrogen and oxygen atoms in total. The van der Waals surface area contributed by atoms with Gasteiger partial charge in [-0.1, -0.05) is 11.6 Å². The maximum Gasteiger partial charge on any atom is 0.103 e. The molecular formula is C4H7ClO. The van der Waals surface area contributed by atoms with E-state index in [2.05, 4.69) is 0 Å². The molecule has 2 heteroatoms. The Kier molecular flexibility index (Phi) is 2.03. The van der Waals surface area contributed by atoms with Gasteiger partial charge in [0, 0.05) is 0 Å². The van der Waals surface area contributed by atoms with Crippen LogP contribution in [0.1, 0.15) is 13.8 Å². The van der Waals surface area contributed by atoms with Crippen molar-refractivity contribution in [1.82, 2.24) is 0 Å². The van der Waals surface area contributed by atoms with Gasteiger partial charge in [0.1, 0.15) is 5.76 Å². The summed E-state index contributed by atoms with van der Waals surface area (Å²) in [7, 11) is 0. The van der Waals surface area contributed by atoms with E-state index in [0.717, 1.165) is 0 Å². The van der Waals surface area contributed by atoms with E-state index in [4.69, 9.17) is 16.7 Å². The van der Waals surface area contributed by atoms with Crippen LogP contribution < -0.4 is 0 Å². The molecule has 6 heavy (non-hydrogen) atoms. The molecule has 1 N–H and O–H groups in total. The van der Waals surface area contributed by atoms with Gasteiger partial charge in [0.2, 0.25) is 0 Å². The monoisotopic (exact) mass is 106 g/mol. The van der Waals surface area contributed by atoms with Gasteiger partial charge in [-0.05, 0) is 13.8 Å². The van der Waals surface area contributed by atoms with Gasteiger partial charge >= 0.3 is 0 Å². The third kappa shape index (κ3) is 2.09. The Morgan fingerprint density at radius 3 is 1.67 bits per heavy atom. The second-order valence-electron chi connectivity index (χ2n) is 1.12. The normalized spacial score (nSPS) is 13.8. The van der Waals surface area contributed by atoms with Crippen LogP contribution in [0.25, 0.3) is 0 Å². The third-order valence-corrected chi connectivity index (χ3v) is 0.772. The maximum absolute atomic E-state index is 8.38. The lowest BCUT2D eigenvalue weighted by Crippen LogP contribution is -1.68. The zero-order valence-corrected chi connectivity index (χ0v) is 4.58. The van der Waals surface area contributed by atoms with Gasteiger partial charge in [0.05, 0.1) is 5.03 Å². The van der Waals surface area contributed by atoms with E-state index >= 15 is 0 Å². The van der Waals surface area contributed by atoms with Crippen LogP contribution in [0.5, 0.6) is 0 Å². The molecule has 0 saturated carbocycles. The van der Waals surface area contributed by atoms with Crippen LogP contribution in [0, 0.1) is 0 Å². The first-order valence-corrected chi connectivity index (χ1v) is 2.04. The van der Waals surface area contributed by atoms with Gasteiger partial charge in [-0.15, -0.1) is 0 Å². The first-order chi connectivity index (χ1) is 2.64. The lowest BCUT2D eigenvalue weighted by atomic mass is 10.5. The van der Waals surface area contributed by atoms with E-state index in [1.807, 2.05) is 0 Å². The van der Waals surface area contributed by atoms with Crippen LogP contribution in [-0.2, 0) is 0 Å². The molecule has 0 aromatic rings. The van der Waals surface area contributed by atoms with Gasteiger partial charge in [0.25, 0.3) is 0 Å². The number of allylic oxidation sites excluding steroid dienone is 2. The molecule has 0 aromatic carbocycles. The Bertz CT molecular complexity index is 57.6. The number of hydrogen-bond donors (Lipinski definition) is 1. The molecule has 0 atom stereocenters. The van der Waals surface area contributed by atoms with Crippen LogP contribution in [0.2, 0.25) is 0 Å². The number of rotatable bonds is 0. The molecule has 0 aliphatic rings. The smallest absolute Gasteiger partial charge is 0.103 e. The largest absolute Gasteiger partial charge is 0.511 e. The van der Waals surface area contributed by atoms with Crippen LogP contribution in [0.15, 0.2) is 10.8 Å². The fourth-order valence-electron chi connectivity index (χ4n) is 0. The Balaban J connectivity index is 3.68. The van der Waals surface area contributed by atoms with Crippen molar-refractivity contribution in [2.75, 3.05) is 0 Å². The van der Waals surface area contributed by atoms with Crippen LogP contribution >= 0.6 is 11.6 Å². The molecule has 0 spiro atoms. The Morgan fingerprint density at radius 1 is 1.50 bits per heavy atom. The highest BCUT2D eigenvalue weighted by atomic mass is 35.5. The fourth-order valence-corrected chi connectivity index (χ4v) is 0. The van der Waals surface area contributed by atoms with E-state index in [1.54, 1.807) is 13.8 Å². The van der Waals surface area contributed by atoms with Gasteiger partial charge in [-0.2, -0.15) is 0 Å². The van der Waals surface area contributed by atoms with Gasteiger partial charge in [-0.3, -0.25) is 0 Å². The molecule has 0 bridgehead atoms. The second-order valence-corrected chi connectivity index (χ2v) is 1.69. The van der Waals surface area contributed by atoms with Crippen molar-refractivity contribution in [2.24, 2.45) is 0 Å². The molecule has 0 aliphatic heterocycles. The zero-order valence-electron chi connectivity index (χ0n) is 3.83. The van der Waals surface area contributed by atoms with Gasteiger partial charge < -0.3 is 5.11 Å². The second kappa shape index (κ2) is 2.08. The van der Waals surface area contributed by atoms with Crippen LogP contribution in [-0.4, -0.2) is 5.11 Å². The summed E-state index contributed by atoms with van der Waals surface area (Å²) in [5.41, 5.74) is 0. The molecule has 0 aliphatic carbocycles. The number of hydrogen-bond acceptors (Lipinski definition) is 1. The molecule has 0 amide bonds. The molecule has 0 radical (unpaired) electrons. The summed E-state index contributed by atoms with van der Waals surface area (Å²) in [6.07, 6.45) is 0. The highest BCUT2D eigenvalue weighted by Gasteiger charge is 1.81. The SMILES string of the molecule is CC(O)=C(C)Cl. The molecular weight excluding hydrogens is 99.5 g/mol. The molecule has 0 fully saturated rings. The summed E-state index contributed by atoms with van der Waals surface area (Å²) in [5, 5.41) is 8.83.